The molecule has 0 saturated carbocycles. The van der Waals surface area contributed by atoms with Crippen molar-refractivity contribution in [2.45, 2.75) is 122 Å². The topological polar surface area (TPSA) is 147 Å². The zero-order chi connectivity index (χ0) is 24.0. The van der Waals surface area contributed by atoms with Gasteiger partial charge in [-0.2, -0.15) is 0 Å². The van der Waals surface area contributed by atoms with Crippen LogP contribution in [0.2, 0.25) is 0 Å². The van der Waals surface area contributed by atoms with Crippen LogP contribution in [-0.4, -0.2) is 46.4 Å². The van der Waals surface area contributed by atoms with Gasteiger partial charge in [0.15, 0.2) is 5.78 Å². The van der Waals surface area contributed by atoms with Crippen LogP contribution in [-0.2, 0) is 19.2 Å². The van der Waals surface area contributed by atoms with Gasteiger partial charge in [-0.3, -0.25) is 19.2 Å². The van der Waals surface area contributed by atoms with Gasteiger partial charge >= 0.3 is 11.9 Å². The molecule has 0 radical (unpaired) electrons. The first-order chi connectivity index (χ1) is 15.4. The molecule has 0 unspecified atom stereocenters. The van der Waals surface area contributed by atoms with Crippen molar-refractivity contribution in [2.75, 3.05) is 6.54 Å². The third-order valence-corrected chi connectivity index (χ3v) is 5.62. The summed E-state index contributed by atoms with van der Waals surface area (Å²) >= 11 is 0. The summed E-state index contributed by atoms with van der Waals surface area (Å²) in [6.45, 7) is -0.209. The highest BCUT2D eigenvalue weighted by atomic mass is 16.4. The van der Waals surface area contributed by atoms with E-state index in [1.54, 1.807) is 0 Å². The van der Waals surface area contributed by atoms with Crippen molar-refractivity contribution in [2.24, 2.45) is 5.73 Å². The van der Waals surface area contributed by atoms with E-state index in [2.05, 4.69) is 5.32 Å². The smallest absolute Gasteiger partial charge is 0.303 e. The molecule has 0 heterocycles. The molecule has 0 aliphatic rings. The summed E-state index contributed by atoms with van der Waals surface area (Å²) in [6.07, 6.45) is 16.1. The first-order valence-electron chi connectivity index (χ1n) is 12.3. The Bertz CT molecular complexity index is 539. The van der Waals surface area contributed by atoms with E-state index in [0.717, 1.165) is 44.9 Å². The number of aliphatic carboxylic acids is 2. The minimum absolute atomic E-state index is 0.0733. The van der Waals surface area contributed by atoms with Gasteiger partial charge in [0, 0.05) is 19.3 Å². The summed E-state index contributed by atoms with van der Waals surface area (Å²) in [5, 5.41) is 19.9. The lowest BCUT2D eigenvalue weighted by molar-refractivity contribution is -0.138. The van der Waals surface area contributed by atoms with E-state index in [4.69, 9.17) is 15.9 Å². The number of nitrogens with one attached hydrogen (secondary N) is 1. The van der Waals surface area contributed by atoms with Crippen LogP contribution in [0.1, 0.15) is 116 Å². The van der Waals surface area contributed by atoms with E-state index >= 15 is 0 Å². The van der Waals surface area contributed by atoms with Crippen LogP contribution in [0.3, 0.4) is 0 Å². The van der Waals surface area contributed by atoms with Crippen molar-refractivity contribution in [1.29, 1.82) is 0 Å². The molecule has 0 aliphatic heterocycles. The number of hydrogen-bond acceptors (Lipinski definition) is 5. The Balaban J connectivity index is 3.51. The number of carbonyl (C=O) groups excluding carboxylic acids is 2. The lowest BCUT2D eigenvalue weighted by Gasteiger charge is -2.16. The van der Waals surface area contributed by atoms with Gasteiger partial charge in [0.2, 0.25) is 5.91 Å². The molecule has 0 rings (SSSR count). The number of ketones is 1. The summed E-state index contributed by atoms with van der Waals surface area (Å²) in [5.41, 5.74) is 5.33. The van der Waals surface area contributed by atoms with Gasteiger partial charge < -0.3 is 21.3 Å². The van der Waals surface area contributed by atoms with E-state index in [0.29, 0.717) is 6.42 Å². The quantitative estimate of drug-likeness (QED) is 0.169. The van der Waals surface area contributed by atoms with E-state index < -0.39 is 18.0 Å². The summed E-state index contributed by atoms with van der Waals surface area (Å²) in [5.74, 6) is -2.26. The predicted octanol–water partition coefficient (Wildman–Crippen LogP) is 4.19. The number of Topliss-reactive ketones (excluding diaryl/α,β-unsaturated/α-hetero) is 1. The van der Waals surface area contributed by atoms with E-state index in [1.807, 2.05) is 0 Å². The van der Waals surface area contributed by atoms with Crippen molar-refractivity contribution in [1.82, 2.24) is 5.32 Å². The molecule has 0 aromatic heterocycles. The molecule has 5 N–H and O–H groups in total. The Morgan fingerprint density at radius 3 is 1.34 bits per heavy atom. The number of nitrogens with two attached hydrogens (primary N) is 1. The molecule has 1 atom stereocenters. The maximum atomic E-state index is 12.0. The molecule has 0 bridgehead atoms. The highest BCUT2D eigenvalue weighted by Gasteiger charge is 2.20. The van der Waals surface area contributed by atoms with E-state index in [1.165, 1.54) is 44.9 Å². The molecule has 8 nitrogen and oxygen atoms in total. The highest BCUT2D eigenvalue weighted by Crippen LogP contribution is 2.14. The normalized spacial score (nSPS) is 11.8. The average Bonchev–Trinajstić information content (AvgIpc) is 2.75. The highest BCUT2D eigenvalue weighted by molar-refractivity contribution is 5.90. The molecule has 1 amide bonds. The third kappa shape index (κ3) is 20.0. The first-order valence-corrected chi connectivity index (χ1v) is 12.3. The predicted molar refractivity (Wildman–Crippen MR) is 124 cm³/mol. The van der Waals surface area contributed by atoms with E-state index in [-0.39, 0.29) is 37.5 Å². The number of unbranched alkanes of at least 4 members (excludes halogenated alkanes) is 13. The molecule has 0 fully saturated rings. The maximum absolute atomic E-state index is 12.0. The summed E-state index contributed by atoms with van der Waals surface area (Å²) in [4.78, 5) is 44.8. The van der Waals surface area contributed by atoms with Crippen molar-refractivity contribution in [3.05, 3.63) is 0 Å². The maximum Gasteiger partial charge on any atom is 0.303 e. The Morgan fingerprint density at radius 2 is 0.969 bits per heavy atom. The Morgan fingerprint density at radius 1 is 0.594 bits per heavy atom. The van der Waals surface area contributed by atoms with Crippen molar-refractivity contribution in [3.8, 4) is 0 Å². The third-order valence-electron chi connectivity index (χ3n) is 5.62. The van der Waals surface area contributed by atoms with Gasteiger partial charge in [-0.1, -0.05) is 77.0 Å². The van der Waals surface area contributed by atoms with Crippen molar-refractivity contribution in [3.63, 3.8) is 0 Å². The Labute approximate surface area is 192 Å². The zero-order valence-electron chi connectivity index (χ0n) is 19.6. The fourth-order valence-corrected chi connectivity index (χ4v) is 3.67. The monoisotopic (exact) mass is 456 g/mol. The molecule has 0 aromatic rings. The average molecular weight is 457 g/mol. The molecule has 0 saturated heterocycles. The summed E-state index contributed by atoms with van der Waals surface area (Å²) in [6, 6.07) is -0.805. The molecule has 186 valence electrons. The van der Waals surface area contributed by atoms with Crippen LogP contribution in [0.5, 0.6) is 0 Å². The Kier molecular flexibility index (Phi) is 19.6. The molecule has 0 aromatic carbocycles. The van der Waals surface area contributed by atoms with Crippen LogP contribution in [0, 0.1) is 0 Å². The fraction of sp³-hybridized carbons (Fsp3) is 0.833. The second kappa shape index (κ2) is 20.9. The second-order valence-electron chi connectivity index (χ2n) is 8.57. The van der Waals surface area contributed by atoms with Crippen LogP contribution in [0.4, 0.5) is 0 Å². The molecular formula is C24H44N2O6. The van der Waals surface area contributed by atoms with Gasteiger partial charge in [0.05, 0.1) is 12.6 Å². The summed E-state index contributed by atoms with van der Waals surface area (Å²) < 4.78 is 0. The molecule has 8 heteroatoms. The number of hydrogen-bond donors (Lipinski definition) is 4. The lowest BCUT2D eigenvalue weighted by Crippen LogP contribution is -2.43. The number of carbonyl (C=O) groups is 4. The van der Waals surface area contributed by atoms with Gasteiger partial charge in [0.1, 0.15) is 0 Å². The number of carboxylic acid groups (broad SMARTS) is 2. The van der Waals surface area contributed by atoms with Gasteiger partial charge in [-0.15, -0.1) is 0 Å². The Hall–Kier alpha value is -1.96. The van der Waals surface area contributed by atoms with Gasteiger partial charge in [0.25, 0.3) is 0 Å². The first kappa shape index (κ1) is 30.0. The van der Waals surface area contributed by atoms with Crippen LogP contribution in [0.15, 0.2) is 0 Å². The van der Waals surface area contributed by atoms with E-state index in [9.17, 15) is 19.2 Å². The second-order valence-corrected chi connectivity index (χ2v) is 8.57. The molecular weight excluding hydrogens is 412 g/mol. The van der Waals surface area contributed by atoms with Gasteiger partial charge in [-0.25, -0.2) is 0 Å². The van der Waals surface area contributed by atoms with Crippen LogP contribution >= 0.6 is 0 Å². The van der Waals surface area contributed by atoms with Crippen molar-refractivity contribution >= 4 is 23.6 Å². The summed E-state index contributed by atoms with van der Waals surface area (Å²) in [7, 11) is 0. The minimum atomic E-state index is -1.00. The SMILES string of the molecule is NCC(=O)[C@H](CCC(=O)O)NC(=O)CCCCCCCCCCCCCCCCC(=O)O. The molecule has 32 heavy (non-hydrogen) atoms. The number of carboxylic acids is 2. The lowest BCUT2D eigenvalue weighted by atomic mass is 10.0. The standard InChI is InChI=1S/C24H44N2O6/c25-19-21(27)20(17-18-24(31)32)26-22(28)15-13-11-9-7-5-3-1-2-4-6-8-10-12-14-16-23(29)30/h20H,1-19,25H2,(H,26,28)(H,29,30)(H,31,32)/t20-/m0/s1. The minimum Gasteiger partial charge on any atom is -0.481 e. The number of amides is 1. The largest absolute Gasteiger partial charge is 0.481 e. The molecule has 0 aliphatic carbocycles. The number of rotatable bonds is 23. The molecule has 0 spiro atoms. The van der Waals surface area contributed by atoms with Gasteiger partial charge in [-0.05, 0) is 19.3 Å². The van der Waals surface area contributed by atoms with Crippen molar-refractivity contribution < 1.29 is 29.4 Å². The zero-order valence-corrected chi connectivity index (χ0v) is 19.6. The van der Waals surface area contributed by atoms with Crippen LogP contribution < -0.4 is 11.1 Å². The fourth-order valence-electron chi connectivity index (χ4n) is 3.67. The van der Waals surface area contributed by atoms with Crippen LogP contribution in [0.25, 0.3) is 0 Å².